The van der Waals surface area contributed by atoms with Crippen LogP contribution in [-0.2, 0) is 12.8 Å². The third-order valence-corrected chi connectivity index (χ3v) is 8.23. The van der Waals surface area contributed by atoms with Crippen LogP contribution in [0, 0.1) is 0 Å². The quantitative estimate of drug-likeness (QED) is 0.0456. The van der Waals surface area contributed by atoms with Crippen molar-refractivity contribution in [3.8, 4) is 0 Å². The molecule has 0 amide bonds. The van der Waals surface area contributed by atoms with Gasteiger partial charge >= 0.3 is 5.87 Å². The fourth-order valence-corrected chi connectivity index (χ4v) is 5.81. The van der Waals surface area contributed by atoms with Gasteiger partial charge in [-0.2, -0.15) is 0 Å². The smallest absolute Gasteiger partial charge is 0.303 e. The van der Waals surface area contributed by atoms with Gasteiger partial charge in [-0.25, -0.2) is 0 Å². The van der Waals surface area contributed by atoms with E-state index >= 15 is 0 Å². The largest absolute Gasteiger partial charge is 0.348 e. The van der Waals surface area contributed by atoms with Crippen LogP contribution in [0.15, 0.2) is 59.7 Å². The van der Waals surface area contributed by atoms with Gasteiger partial charge in [-0.05, 0) is 84.8 Å². The van der Waals surface area contributed by atoms with Crippen LogP contribution in [0.2, 0.25) is 0 Å². The molecule has 2 heteroatoms. The molecule has 2 aromatic rings. The van der Waals surface area contributed by atoms with E-state index in [0.717, 1.165) is 44.1 Å². The first kappa shape index (κ1) is 34.5. The van der Waals surface area contributed by atoms with E-state index in [1.807, 2.05) is 0 Å². The Hall–Kier alpha value is -2.66. The molecular formula is C39H58N2. The summed E-state index contributed by atoms with van der Waals surface area (Å²) in [4.78, 5) is 3.49. The van der Waals surface area contributed by atoms with Crippen molar-refractivity contribution in [2.45, 2.75) is 150 Å². The molecule has 0 aliphatic rings. The molecule has 0 radical (unpaired) electrons. The zero-order valence-electron chi connectivity index (χ0n) is 26.9. The molecule has 0 fully saturated rings. The van der Waals surface area contributed by atoms with E-state index in [0.29, 0.717) is 0 Å². The Morgan fingerprint density at radius 1 is 0.585 bits per heavy atom. The second-order valence-electron chi connectivity index (χ2n) is 11.8. The minimum atomic E-state index is 0.902. The van der Waals surface area contributed by atoms with Gasteiger partial charge < -0.3 is 5.53 Å². The topological polar surface area (TPSA) is 36.4 Å². The Bertz CT molecular complexity index is 1110. The normalized spacial score (nSPS) is 11.6. The van der Waals surface area contributed by atoms with E-state index < -0.39 is 0 Å². The number of allylic oxidation sites excluding steroid dienone is 2. The molecule has 224 valence electrons. The van der Waals surface area contributed by atoms with Gasteiger partial charge in [0.15, 0.2) is 0 Å². The number of hydrogen-bond acceptors (Lipinski definition) is 0. The minimum Gasteiger partial charge on any atom is -0.348 e. The Morgan fingerprint density at radius 3 is 1.66 bits per heavy atom. The molecule has 0 atom stereocenters. The molecule has 0 heterocycles. The number of benzene rings is 2. The summed E-state index contributed by atoms with van der Waals surface area (Å²) in [5, 5.41) is 0. The molecule has 2 aromatic carbocycles. The number of aryl methyl sites for hydroxylation is 2. The summed E-state index contributed by atoms with van der Waals surface area (Å²) in [6, 6.07) is 18.5. The van der Waals surface area contributed by atoms with Gasteiger partial charge in [0, 0.05) is 0 Å². The number of nitrogens with zero attached hydrogens (tertiary/aromatic N) is 2. The van der Waals surface area contributed by atoms with Crippen molar-refractivity contribution in [1.29, 1.82) is 0 Å². The third-order valence-electron chi connectivity index (χ3n) is 8.23. The minimum absolute atomic E-state index is 0.902. The molecular weight excluding hydrogens is 496 g/mol. The van der Waals surface area contributed by atoms with Gasteiger partial charge in [0.05, 0.1) is 5.57 Å². The molecule has 0 spiro atoms. The predicted molar refractivity (Wildman–Crippen MR) is 180 cm³/mol. The van der Waals surface area contributed by atoms with Crippen molar-refractivity contribution in [3.05, 3.63) is 87.5 Å². The van der Waals surface area contributed by atoms with Crippen LogP contribution in [0.5, 0.6) is 0 Å². The van der Waals surface area contributed by atoms with Crippen LogP contribution in [0.1, 0.15) is 159 Å². The van der Waals surface area contributed by atoms with E-state index in [-0.39, 0.29) is 0 Å². The Labute approximate surface area is 253 Å². The van der Waals surface area contributed by atoms with E-state index in [1.165, 1.54) is 117 Å². The van der Waals surface area contributed by atoms with Gasteiger partial charge in [-0.15, -0.1) is 4.79 Å². The average Bonchev–Trinajstić information content (AvgIpc) is 2.99. The van der Waals surface area contributed by atoms with Crippen LogP contribution in [0.25, 0.3) is 11.1 Å². The van der Waals surface area contributed by atoms with Crippen LogP contribution in [0.3, 0.4) is 0 Å². The van der Waals surface area contributed by atoms with Crippen LogP contribution < -0.4 is 0 Å². The highest BCUT2D eigenvalue weighted by molar-refractivity contribution is 5.87. The molecule has 2 rings (SSSR count). The molecule has 2 nitrogen and oxygen atoms in total. The monoisotopic (exact) mass is 554 g/mol. The lowest BCUT2D eigenvalue weighted by molar-refractivity contribution is 0.00739. The van der Waals surface area contributed by atoms with Crippen molar-refractivity contribution in [2.75, 3.05) is 0 Å². The maximum atomic E-state index is 9.73. The standard InChI is InChI=1S/C39H58N2/c1-5-9-13-15-16-19-29-38(37(32-41-40)26-17-11-7-3)39(35-27-20-24-33(30-35)22-12-8-4)36-28-21-25-34(31-36)23-18-14-10-6-2/h20-21,24-25,27-28,30-31H,5-19,22-23,26,29H2,1-4H3. The van der Waals surface area contributed by atoms with Crippen LogP contribution in [0.4, 0.5) is 0 Å². The predicted octanol–water partition coefficient (Wildman–Crippen LogP) is 12.1. The highest BCUT2D eigenvalue weighted by atomic mass is 14.8. The molecule has 0 aliphatic carbocycles. The summed E-state index contributed by atoms with van der Waals surface area (Å²) in [7, 11) is 0. The summed E-state index contributed by atoms with van der Waals surface area (Å²) >= 11 is 0. The van der Waals surface area contributed by atoms with Gasteiger partial charge in [0.2, 0.25) is 0 Å². The van der Waals surface area contributed by atoms with Gasteiger partial charge in [-0.3, -0.25) is 0 Å². The van der Waals surface area contributed by atoms with E-state index in [2.05, 4.69) is 86.9 Å². The van der Waals surface area contributed by atoms with Gasteiger partial charge in [0.25, 0.3) is 0 Å². The van der Waals surface area contributed by atoms with Crippen molar-refractivity contribution in [3.63, 3.8) is 0 Å². The van der Waals surface area contributed by atoms with E-state index in [9.17, 15) is 5.53 Å². The number of hydrogen-bond donors (Lipinski definition) is 0. The lowest BCUT2D eigenvalue weighted by Crippen LogP contribution is -2.02. The van der Waals surface area contributed by atoms with E-state index in [1.54, 1.807) is 0 Å². The maximum Gasteiger partial charge on any atom is 0.303 e. The van der Waals surface area contributed by atoms with Crippen LogP contribution >= 0.6 is 0 Å². The van der Waals surface area contributed by atoms with E-state index in [4.69, 9.17) is 0 Å². The molecule has 0 saturated heterocycles. The molecule has 0 aliphatic heterocycles. The van der Waals surface area contributed by atoms with Gasteiger partial charge in [0.1, 0.15) is 0 Å². The van der Waals surface area contributed by atoms with Gasteiger partial charge in [-0.1, -0.05) is 147 Å². The Balaban J connectivity index is 2.65. The lowest BCUT2D eigenvalue weighted by Gasteiger charge is -2.19. The summed E-state index contributed by atoms with van der Waals surface area (Å²) in [6.07, 6.45) is 22.7. The maximum absolute atomic E-state index is 9.73. The second-order valence-corrected chi connectivity index (χ2v) is 11.8. The first-order valence-electron chi connectivity index (χ1n) is 17.1. The molecule has 0 saturated carbocycles. The zero-order chi connectivity index (χ0) is 29.5. The van der Waals surface area contributed by atoms with Crippen LogP contribution in [-0.4, -0.2) is 10.7 Å². The molecule has 0 bridgehead atoms. The summed E-state index contributed by atoms with van der Waals surface area (Å²) < 4.78 is 0. The average molecular weight is 555 g/mol. The van der Waals surface area contributed by atoms with Crippen molar-refractivity contribution in [1.82, 2.24) is 0 Å². The summed E-state index contributed by atoms with van der Waals surface area (Å²) in [6.45, 7) is 9.07. The lowest BCUT2D eigenvalue weighted by atomic mass is 9.84. The molecule has 41 heavy (non-hydrogen) atoms. The summed E-state index contributed by atoms with van der Waals surface area (Å²) in [5.41, 5.74) is 18.9. The Kier molecular flexibility index (Phi) is 18.5. The first-order valence-corrected chi connectivity index (χ1v) is 17.1. The highest BCUT2D eigenvalue weighted by Gasteiger charge is 2.19. The fraction of sp³-hybridized carbons (Fsp3) is 0.590. The Morgan fingerprint density at radius 2 is 1.07 bits per heavy atom. The highest BCUT2D eigenvalue weighted by Crippen LogP contribution is 2.36. The summed E-state index contributed by atoms with van der Waals surface area (Å²) in [5.74, 6) is 3.07. The second kappa shape index (κ2) is 22.0. The zero-order valence-corrected chi connectivity index (χ0v) is 26.9. The van der Waals surface area contributed by atoms with Crippen molar-refractivity contribution in [2.24, 2.45) is 0 Å². The molecule has 0 N–H and O–H groups in total. The number of unbranched alkanes of at least 4 members (excludes halogenated alkanes) is 11. The van der Waals surface area contributed by atoms with Crippen molar-refractivity contribution >= 4 is 11.4 Å². The number of rotatable bonds is 22. The molecule has 0 aromatic heterocycles. The molecule has 0 unspecified atom stereocenters. The SMILES string of the molecule is CCCCCCCCC(C(=C=[N+]=[N-])CCCCC)=C(c1cccc(CCCC)c1)c1cccc(CCCCCC)c1. The first-order chi connectivity index (χ1) is 20.2. The van der Waals surface area contributed by atoms with Crippen molar-refractivity contribution < 1.29 is 4.79 Å². The third kappa shape index (κ3) is 13.2. The fourth-order valence-electron chi connectivity index (χ4n) is 5.81.